The zero-order chi connectivity index (χ0) is 12.1. The van der Waals surface area contributed by atoms with Gasteiger partial charge < -0.3 is 15.0 Å². The largest absolute Gasteiger partial charge is 0.488 e. The number of hydrogen-bond donors (Lipinski definition) is 2. The fourth-order valence-electron chi connectivity index (χ4n) is 1.92. The Morgan fingerprint density at radius 1 is 1.35 bits per heavy atom. The van der Waals surface area contributed by atoms with Crippen molar-refractivity contribution in [1.82, 2.24) is 5.32 Å². The van der Waals surface area contributed by atoms with Crippen molar-refractivity contribution < 1.29 is 14.4 Å². The minimum Gasteiger partial charge on any atom is -0.488 e. The van der Waals surface area contributed by atoms with Crippen LogP contribution in [0.15, 0.2) is 24.3 Å². The van der Waals surface area contributed by atoms with E-state index in [2.05, 4.69) is 12.2 Å². The number of nitrogens with one attached hydrogen (secondary N) is 2. The number of ether oxygens (including phenoxy) is 1. The van der Waals surface area contributed by atoms with Gasteiger partial charge in [0.25, 0.3) is 5.91 Å². The summed E-state index contributed by atoms with van der Waals surface area (Å²) in [5.41, 5.74) is 1.23. The van der Waals surface area contributed by atoms with Crippen LogP contribution in [0.4, 0.5) is 0 Å². The highest BCUT2D eigenvalue weighted by Gasteiger charge is 2.18. The average Bonchev–Trinajstić information content (AvgIpc) is 2.32. The normalized spacial score (nSPS) is 19.8. The second kappa shape index (κ2) is 5.68. The Morgan fingerprint density at radius 2 is 2.12 bits per heavy atom. The van der Waals surface area contributed by atoms with Crippen molar-refractivity contribution in [2.24, 2.45) is 0 Å². The number of amides is 1. The maximum atomic E-state index is 11.2. The average molecular weight is 235 g/mol. The monoisotopic (exact) mass is 235 g/mol. The van der Waals surface area contributed by atoms with Gasteiger partial charge in [0.1, 0.15) is 18.9 Å². The van der Waals surface area contributed by atoms with Gasteiger partial charge in [-0.05, 0) is 19.1 Å². The highest BCUT2D eigenvalue weighted by atomic mass is 16.5. The number of rotatable bonds is 4. The quantitative estimate of drug-likeness (QED) is 0.731. The number of carbonyl (C=O) groups is 1. The van der Waals surface area contributed by atoms with Crippen molar-refractivity contribution in [2.45, 2.75) is 6.92 Å². The molecule has 92 valence electrons. The van der Waals surface area contributed by atoms with Crippen LogP contribution in [0.2, 0.25) is 0 Å². The van der Waals surface area contributed by atoms with Crippen LogP contribution in [0.3, 0.4) is 0 Å². The molecule has 1 fully saturated rings. The Bertz CT molecular complexity index is 376. The van der Waals surface area contributed by atoms with Gasteiger partial charge in [-0.15, -0.1) is 0 Å². The lowest BCUT2D eigenvalue weighted by molar-refractivity contribution is -0.893. The number of quaternary nitrogens is 1. The van der Waals surface area contributed by atoms with E-state index >= 15 is 0 Å². The second-order valence-electron chi connectivity index (χ2n) is 4.44. The molecule has 1 aromatic rings. The van der Waals surface area contributed by atoms with Gasteiger partial charge in [-0.1, -0.05) is 17.7 Å². The third kappa shape index (κ3) is 3.75. The first-order chi connectivity index (χ1) is 8.24. The lowest BCUT2D eigenvalue weighted by atomic mass is 10.2. The highest BCUT2D eigenvalue weighted by molar-refractivity contribution is 5.77. The zero-order valence-corrected chi connectivity index (χ0v) is 10.2. The van der Waals surface area contributed by atoms with Gasteiger partial charge >= 0.3 is 0 Å². The fraction of sp³-hybridized carbons (Fsp3) is 0.462. The Labute approximate surface area is 102 Å². The first-order valence-corrected chi connectivity index (χ1v) is 6.04. The molecule has 0 aromatic heterocycles. The van der Waals surface area contributed by atoms with Gasteiger partial charge in [-0.25, -0.2) is 0 Å². The van der Waals surface area contributed by atoms with Crippen LogP contribution in [0.25, 0.3) is 0 Å². The van der Waals surface area contributed by atoms with Gasteiger partial charge in [0, 0.05) is 0 Å². The van der Waals surface area contributed by atoms with E-state index in [0.717, 1.165) is 25.4 Å². The smallest absolute Gasteiger partial charge is 0.275 e. The Balaban J connectivity index is 1.72. The summed E-state index contributed by atoms with van der Waals surface area (Å²) in [7, 11) is 0. The zero-order valence-electron chi connectivity index (χ0n) is 10.2. The first kappa shape index (κ1) is 11.9. The molecule has 1 atom stereocenters. The van der Waals surface area contributed by atoms with Gasteiger partial charge in [0.2, 0.25) is 0 Å². The molecule has 2 N–H and O–H groups in total. The van der Waals surface area contributed by atoms with Crippen molar-refractivity contribution in [2.75, 3.05) is 32.8 Å². The van der Waals surface area contributed by atoms with E-state index in [4.69, 9.17) is 4.74 Å². The summed E-state index contributed by atoms with van der Waals surface area (Å²) in [6.07, 6.45) is 0. The summed E-state index contributed by atoms with van der Waals surface area (Å²) >= 11 is 0. The molecule has 1 aromatic carbocycles. The molecule has 4 heteroatoms. The van der Waals surface area contributed by atoms with Crippen LogP contribution < -0.4 is 15.0 Å². The molecule has 1 aliphatic heterocycles. The number of carbonyl (C=O) groups excluding carboxylic acids is 1. The van der Waals surface area contributed by atoms with Crippen LogP contribution in [0.1, 0.15) is 5.56 Å². The van der Waals surface area contributed by atoms with Crippen molar-refractivity contribution >= 4 is 5.91 Å². The van der Waals surface area contributed by atoms with Crippen LogP contribution in [-0.2, 0) is 4.79 Å². The maximum Gasteiger partial charge on any atom is 0.275 e. The van der Waals surface area contributed by atoms with Crippen LogP contribution in [0, 0.1) is 6.92 Å². The predicted molar refractivity (Wildman–Crippen MR) is 65.2 cm³/mol. The summed E-state index contributed by atoms with van der Waals surface area (Å²) in [4.78, 5) is 12.5. The molecular formula is C13H19N2O2+. The standard InChI is InChI=1S/C13H18N2O2/c1-11-2-4-12(5-3-11)17-9-8-15-7-6-14-13(16)10-15/h2-5H,6-10H2,1H3,(H,14,16)/p+1. The molecular weight excluding hydrogens is 216 g/mol. The summed E-state index contributed by atoms with van der Waals surface area (Å²) in [5, 5.41) is 2.83. The molecule has 1 heterocycles. The van der Waals surface area contributed by atoms with Gasteiger partial charge in [0.05, 0.1) is 13.1 Å². The maximum absolute atomic E-state index is 11.2. The Morgan fingerprint density at radius 3 is 2.82 bits per heavy atom. The molecule has 0 radical (unpaired) electrons. The van der Waals surface area contributed by atoms with Crippen LogP contribution in [-0.4, -0.2) is 38.7 Å². The molecule has 2 rings (SSSR count). The van der Waals surface area contributed by atoms with Gasteiger partial charge in [-0.3, -0.25) is 4.79 Å². The van der Waals surface area contributed by atoms with E-state index in [9.17, 15) is 4.79 Å². The van der Waals surface area contributed by atoms with E-state index in [1.54, 1.807) is 0 Å². The molecule has 0 aliphatic carbocycles. The Hall–Kier alpha value is -1.55. The second-order valence-corrected chi connectivity index (χ2v) is 4.44. The van der Waals surface area contributed by atoms with Crippen molar-refractivity contribution in [1.29, 1.82) is 0 Å². The molecule has 17 heavy (non-hydrogen) atoms. The summed E-state index contributed by atoms with van der Waals surface area (Å²) in [6.45, 7) is 5.92. The van der Waals surface area contributed by atoms with Gasteiger partial charge in [0.15, 0.2) is 6.54 Å². The van der Waals surface area contributed by atoms with Crippen LogP contribution >= 0.6 is 0 Å². The molecule has 0 bridgehead atoms. The lowest BCUT2D eigenvalue weighted by Gasteiger charge is -2.23. The molecule has 1 amide bonds. The molecule has 4 nitrogen and oxygen atoms in total. The third-order valence-corrected chi connectivity index (χ3v) is 2.96. The van der Waals surface area contributed by atoms with Crippen molar-refractivity contribution in [3.63, 3.8) is 0 Å². The van der Waals surface area contributed by atoms with E-state index in [-0.39, 0.29) is 5.91 Å². The van der Waals surface area contributed by atoms with Crippen molar-refractivity contribution in [3.8, 4) is 5.75 Å². The predicted octanol–water partition coefficient (Wildman–Crippen LogP) is -0.611. The summed E-state index contributed by atoms with van der Waals surface area (Å²) < 4.78 is 5.65. The van der Waals surface area contributed by atoms with E-state index in [1.165, 1.54) is 10.5 Å². The summed E-state index contributed by atoms with van der Waals surface area (Å²) in [6, 6.07) is 8.04. The van der Waals surface area contributed by atoms with Crippen LogP contribution in [0.5, 0.6) is 5.75 Å². The third-order valence-electron chi connectivity index (χ3n) is 2.96. The first-order valence-electron chi connectivity index (χ1n) is 6.04. The van der Waals surface area contributed by atoms with E-state index in [1.807, 2.05) is 24.3 Å². The molecule has 1 unspecified atom stereocenters. The molecule has 0 saturated carbocycles. The van der Waals surface area contributed by atoms with Crippen molar-refractivity contribution in [3.05, 3.63) is 29.8 Å². The molecule has 0 spiro atoms. The van der Waals surface area contributed by atoms with Gasteiger partial charge in [-0.2, -0.15) is 0 Å². The molecule has 1 aliphatic rings. The number of piperazine rings is 1. The van der Waals surface area contributed by atoms with E-state index < -0.39 is 0 Å². The topological polar surface area (TPSA) is 42.8 Å². The number of benzene rings is 1. The minimum atomic E-state index is 0.140. The SMILES string of the molecule is Cc1ccc(OCC[NH+]2CCNC(=O)C2)cc1. The van der Waals surface area contributed by atoms with E-state index in [0.29, 0.717) is 13.2 Å². The summed E-state index contributed by atoms with van der Waals surface area (Å²) in [5.74, 6) is 1.04. The lowest BCUT2D eigenvalue weighted by Crippen LogP contribution is -3.15. The fourth-order valence-corrected chi connectivity index (χ4v) is 1.92. The Kier molecular flexibility index (Phi) is 3.98. The highest BCUT2D eigenvalue weighted by Crippen LogP contribution is 2.10. The number of hydrogen-bond acceptors (Lipinski definition) is 2. The number of aryl methyl sites for hydroxylation is 1. The molecule has 1 saturated heterocycles. The minimum absolute atomic E-state index is 0.140.